The topological polar surface area (TPSA) is 58.6 Å². The summed E-state index contributed by atoms with van der Waals surface area (Å²) in [5.74, 6) is -0.284. The molecule has 2 N–H and O–H groups in total. The molecule has 1 amide bonds. The lowest BCUT2D eigenvalue weighted by molar-refractivity contribution is -0.127. The van der Waals surface area contributed by atoms with Crippen LogP contribution in [0.4, 0.5) is 0 Å². The van der Waals surface area contributed by atoms with Crippen LogP contribution in [0.1, 0.15) is 51.2 Å². The maximum absolute atomic E-state index is 12.1. The van der Waals surface area contributed by atoms with E-state index < -0.39 is 6.10 Å². The van der Waals surface area contributed by atoms with Crippen LogP contribution in [0.15, 0.2) is 24.3 Å². The van der Waals surface area contributed by atoms with Crippen molar-refractivity contribution < 1.29 is 14.6 Å². The zero-order valence-electron chi connectivity index (χ0n) is 13.8. The Kier molecular flexibility index (Phi) is 5.59. The molecule has 0 aromatic heterocycles. The van der Waals surface area contributed by atoms with Gasteiger partial charge in [-0.3, -0.25) is 4.79 Å². The predicted molar refractivity (Wildman–Crippen MR) is 86.2 cm³/mol. The van der Waals surface area contributed by atoms with Crippen molar-refractivity contribution in [3.63, 3.8) is 0 Å². The normalized spacial score (nSPS) is 21.8. The van der Waals surface area contributed by atoms with Gasteiger partial charge in [0.15, 0.2) is 0 Å². The molecular formula is C18H27NO3. The maximum Gasteiger partial charge on any atom is 0.225 e. The van der Waals surface area contributed by atoms with Crippen LogP contribution < -0.4 is 5.32 Å². The number of amides is 1. The minimum atomic E-state index is -0.480. The van der Waals surface area contributed by atoms with Gasteiger partial charge in [0.1, 0.15) is 0 Å². The Bertz CT molecular complexity index is 507. The highest BCUT2D eigenvalue weighted by Gasteiger charge is 2.31. The van der Waals surface area contributed by atoms with Crippen LogP contribution in [-0.4, -0.2) is 22.7 Å². The molecule has 2 rings (SSSR count). The van der Waals surface area contributed by atoms with Crippen LogP contribution >= 0.6 is 0 Å². The number of hydrogen-bond acceptors (Lipinski definition) is 3. The van der Waals surface area contributed by atoms with E-state index in [-0.39, 0.29) is 17.4 Å². The van der Waals surface area contributed by atoms with Gasteiger partial charge in [0.25, 0.3) is 0 Å². The molecule has 4 heteroatoms. The van der Waals surface area contributed by atoms with Crippen LogP contribution in [0, 0.1) is 5.92 Å². The first kappa shape index (κ1) is 17.0. The smallest absolute Gasteiger partial charge is 0.225 e. The van der Waals surface area contributed by atoms with E-state index in [4.69, 9.17) is 4.74 Å². The second-order valence-corrected chi connectivity index (χ2v) is 7.04. The molecule has 1 aliphatic carbocycles. The van der Waals surface area contributed by atoms with Gasteiger partial charge in [0.2, 0.25) is 5.91 Å². The number of aliphatic hydroxyl groups is 1. The SMILES string of the molecule is CC(C)(C)OCc1cccc(CNC(=O)C2CCCC2O)c1. The standard InChI is InChI=1S/C18H27NO3/c1-18(2,3)22-12-14-7-4-6-13(10-14)11-19-17(21)15-8-5-9-16(15)20/h4,6-7,10,15-16,20H,5,8-9,11-12H2,1-3H3,(H,19,21). The Morgan fingerprint density at radius 2 is 2.05 bits per heavy atom. The first-order chi connectivity index (χ1) is 10.3. The summed E-state index contributed by atoms with van der Waals surface area (Å²) < 4.78 is 5.77. The highest BCUT2D eigenvalue weighted by atomic mass is 16.5. The zero-order chi connectivity index (χ0) is 16.2. The largest absolute Gasteiger partial charge is 0.392 e. The molecule has 1 aromatic rings. The van der Waals surface area contributed by atoms with Crippen molar-refractivity contribution in [3.8, 4) is 0 Å². The van der Waals surface area contributed by atoms with E-state index in [0.717, 1.165) is 30.4 Å². The van der Waals surface area contributed by atoms with E-state index in [1.165, 1.54) is 0 Å². The number of ether oxygens (including phenoxy) is 1. The molecule has 1 saturated carbocycles. The lowest BCUT2D eigenvalue weighted by atomic mass is 10.0. The average Bonchev–Trinajstić information content (AvgIpc) is 2.89. The van der Waals surface area contributed by atoms with Crippen molar-refractivity contribution in [2.24, 2.45) is 5.92 Å². The average molecular weight is 305 g/mol. The summed E-state index contributed by atoms with van der Waals surface area (Å²) in [5.41, 5.74) is 1.99. The van der Waals surface area contributed by atoms with E-state index in [0.29, 0.717) is 13.2 Å². The van der Waals surface area contributed by atoms with Crippen molar-refractivity contribution >= 4 is 5.91 Å². The molecule has 22 heavy (non-hydrogen) atoms. The molecule has 2 atom stereocenters. The van der Waals surface area contributed by atoms with E-state index in [9.17, 15) is 9.90 Å². The van der Waals surface area contributed by atoms with E-state index in [1.807, 2.05) is 39.0 Å². The minimum Gasteiger partial charge on any atom is -0.392 e. The highest BCUT2D eigenvalue weighted by Crippen LogP contribution is 2.25. The number of benzene rings is 1. The highest BCUT2D eigenvalue weighted by molar-refractivity contribution is 5.79. The maximum atomic E-state index is 12.1. The Labute approximate surface area is 132 Å². The first-order valence-corrected chi connectivity index (χ1v) is 8.03. The van der Waals surface area contributed by atoms with Crippen molar-refractivity contribution in [1.82, 2.24) is 5.32 Å². The number of rotatable bonds is 5. The van der Waals surface area contributed by atoms with Crippen LogP contribution in [0.5, 0.6) is 0 Å². The van der Waals surface area contributed by atoms with Gasteiger partial charge in [-0.15, -0.1) is 0 Å². The molecule has 0 heterocycles. The Morgan fingerprint density at radius 3 is 2.68 bits per heavy atom. The number of carbonyl (C=O) groups is 1. The third kappa shape index (κ3) is 5.11. The number of nitrogens with one attached hydrogen (secondary N) is 1. The molecule has 4 nitrogen and oxygen atoms in total. The fourth-order valence-electron chi connectivity index (χ4n) is 2.70. The molecule has 0 aliphatic heterocycles. The Balaban J connectivity index is 1.86. The summed E-state index contributed by atoms with van der Waals surface area (Å²) >= 11 is 0. The fraction of sp³-hybridized carbons (Fsp3) is 0.611. The summed E-state index contributed by atoms with van der Waals surface area (Å²) in [6.07, 6.45) is 1.97. The van der Waals surface area contributed by atoms with Gasteiger partial charge in [-0.25, -0.2) is 0 Å². The summed E-state index contributed by atoms with van der Waals surface area (Å²) in [5, 5.41) is 12.7. The van der Waals surface area contributed by atoms with E-state index in [2.05, 4.69) is 11.4 Å². The summed E-state index contributed by atoms with van der Waals surface area (Å²) in [7, 11) is 0. The summed E-state index contributed by atoms with van der Waals surface area (Å²) in [6.45, 7) is 7.15. The monoisotopic (exact) mass is 305 g/mol. The quantitative estimate of drug-likeness (QED) is 0.879. The molecule has 1 aliphatic rings. The van der Waals surface area contributed by atoms with E-state index in [1.54, 1.807) is 0 Å². The summed E-state index contributed by atoms with van der Waals surface area (Å²) in [4.78, 5) is 12.1. The third-order valence-corrected chi connectivity index (χ3v) is 3.95. The lowest BCUT2D eigenvalue weighted by Gasteiger charge is -2.20. The minimum absolute atomic E-state index is 0.0404. The number of aliphatic hydroxyl groups excluding tert-OH is 1. The molecular weight excluding hydrogens is 278 g/mol. The van der Waals surface area contributed by atoms with Gasteiger partial charge in [-0.2, -0.15) is 0 Å². The molecule has 0 radical (unpaired) electrons. The van der Waals surface area contributed by atoms with Crippen LogP contribution in [0.3, 0.4) is 0 Å². The van der Waals surface area contributed by atoms with Crippen molar-refractivity contribution in [1.29, 1.82) is 0 Å². The lowest BCUT2D eigenvalue weighted by Crippen LogP contribution is -2.34. The Hall–Kier alpha value is -1.39. The number of carbonyl (C=O) groups excluding carboxylic acids is 1. The molecule has 0 saturated heterocycles. The molecule has 1 fully saturated rings. The van der Waals surface area contributed by atoms with Crippen molar-refractivity contribution in [2.45, 2.75) is 64.9 Å². The molecule has 0 spiro atoms. The molecule has 2 unspecified atom stereocenters. The van der Waals surface area contributed by atoms with E-state index >= 15 is 0 Å². The van der Waals surface area contributed by atoms with Gasteiger partial charge in [0, 0.05) is 6.54 Å². The van der Waals surface area contributed by atoms with Gasteiger partial charge < -0.3 is 15.2 Å². The second kappa shape index (κ2) is 7.25. The molecule has 122 valence electrons. The van der Waals surface area contributed by atoms with Crippen LogP contribution in [0.25, 0.3) is 0 Å². The number of hydrogen-bond donors (Lipinski definition) is 2. The molecule has 0 bridgehead atoms. The predicted octanol–water partition coefficient (Wildman–Crippen LogP) is 2.78. The third-order valence-electron chi connectivity index (χ3n) is 3.95. The van der Waals surface area contributed by atoms with Crippen LogP contribution in [-0.2, 0) is 22.7 Å². The van der Waals surface area contributed by atoms with Gasteiger partial charge in [-0.05, 0) is 51.2 Å². The first-order valence-electron chi connectivity index (χ1n) is 8.03. The van der Waals surface area contributed by atoms with Gasteiger partial charge in [-0.1, -0.05) is 24.3 Å². The second-order valence-electron chi connectivity index (χ2n) is 7.04. The van der Waals surface area contributed by atoms with Gasteiger partial charge >= 0.3 is 0 Å². The Morgan fingerprint density at radius 1 is 1.32 bits per heavy atom. The fourth-order valence-corrected chi connectivity index (χ4v) is 2.70. The zero-order valence-corrected chi connectivity index (χ0v) is 13.8. The molecule has 1 aromatic carbocycles. The van der Waals surface area contributed by atoms with Gasteiger partial charge in [0.05, 0.1) is 24.2 Å². The van der Waals surface area contributed by atoms with Crippen molar-refractivity contribution in [3.05, 3.63) is 35.4 Å². The van der Waals surface area contributed by atoms with Crippen LogP contribution in [0.2, 0.25) is 0 Å². The summed E-state index contributed by atoms with van der Waals surface area (Å²) in [6, 6.07) is 8.05. The van der Waals surface area contributed by atoms with Crippen molar-refractivity contribution in [2.75, 3.05) is 0 Å².